The van der Waals surface area contributed by atoms with Gasteiger partial charge in [-0.1, -0.05) is 0 Å². The zero-order chi connectivity index (χ0) is 14.4. The molecule has 102 valence electrons. The molecule has 0 aromatic carbocycles. The average Bonchev–Trinajstić information content (AvgIpc) is 2.37. The maximum Gasteiger partial charge on any atom is 0.326 e. The van der Waals surface area contributed by atoms with Crippen molar-refractivity contribution >= 4 is 17.8 Å². The normalized spacial score (nSPS) is 11.4. The summed E-state index contributed by atoms with van der Waals surface area (Å²) < 4.78 is 4.32. The Morgan fingerprint density at radius 1 is 1.47 bits per heavy atom. The molecular formula is C11H12N2O6. The quantitative estimate of drug-likeness (QED) is 0.616. The molecule has 0 aliphatic rings. The molecule has 8 nitrogen and oxygen atoms in total. The number of hydrogen-bond acceptors (Lipinski definition) is 6. The number of nitrogens with one attached hydrogen (secondary N) is 1. The van der Waals surface area contributed by atoms with E-state index in [0.29, 0.717) is 0 Å². The van der Waals surface area contributed by atoms with Crippen LogP contribution in [0.4, 0.5) is 0 Å². The molecular weight excluding hydrogens is 256 g/mol. The van der Waals surface area contributed by atoms with Crippen molar-refractivity contribution in [3.8, 4) is 5.75 Å². The van der Waals surface area contributed by atoms with Gasteiger partial charge >= 0.3 is 11.9 Å². The number of pyridine rings is 1. The number of nitrogens with zero attached hydrogens (tertiary/aromatic N) is 1. The van der Waals surface area contributed by atoms with Crippen LogP contribution in [0.25, 0.3) is 0 Å². The van der Waals surface area contributed by atoms with Crippen LogP contribution in [-0.2, 0) is 14.3 Å². The highest BCUT2D eigenvalue weighted by Gasteiger charge is 2.25. The van der Waals surface area contributed by atoms with Crippen molar-refractivity contribution in [2.75, 3.05) is 7.11 Å². The molecule has 3 N–H and O–H groups in total. The first kappa shape index (κ1) is 14.4. The van der Waals surface area contributed by atoms with E-state index in [4.69, 9.17) is 5.11 Å². The molecule has 1 aromatic heterocycles. The highest BCUT2D eigenvalue weighted by atomic mass is 16.5. The highest BCUT2D eigenvalue weighted by Crippen LogP contribution is 2.12. The van der Waals surface area contributed by atoms with Crippen LogP contribution in [0, 0.1) is 0 Å². The molecule has 1 rings (SSSR count). The number of ether oxygens (including phenoxy) is 1. The third-order valence-corrected chi connectivity index (χ3v) is 2.20. The van der Waals surface area contributed by atoms with Gasteiger partial charge in [-0.05, 0) is 12.1 Å². The van der Waals surface area contributed by atoms with Gasteiger partial charge in [0, 0.05) is 6.20 Å². The number of esters is 1. The second kappa shape index (κ2) is 6.34. The van der Waals surface area contributed by atoms with Crippen molar-refractivity contribution in [3.05, 3.63) is 24.0 Å². The number of carbonyl (C=O) groups excluding carboxylic acids is 2. The Morgan fingerprint density at radius 2 is 2.16 bits per heavy atom. The summed E-state index contributed by atoms with van der Waals surface area (Å²) in [5.74, 6) is -3.45. The van der Waals surface area contributed by atoms with Crippen LogP contribution >= 0.6 is 0 Å². The number of carboxylic acids is 1. The predicted octanol–water partition coefficient (Wildman–Crippen LogP) is -0.467. The van der Waals surface area contributed by atoms with Crippen molar-refractivity contribution in [2.45, 2.75) is 12.5 Å². The van der Waals surface area contributed by atoms with Gasteiger partial charge in [0.1, 0.15) is 11.8 Å². The zero-order valence-corrected chi connectivity index (χ0v) is 9.99. The average molecular weight is 268 g/mol. The molecule has 1 amide bonds. The fraction of sp³-hybridized carbons (Fsp3) is 0.273. The molecule has 0 saturated heterocycles. The minimum atomic E-state index is -1.46. The molecule has 1 atom stereocenters. The van der Waals surface area contributed by atoms with Crippen molar-refractivity contribution in [1.82, 2.24) is 10.3 Å². The molecule has 0 spiro atoms. The Bertz CT molecular complexity index is 502. The minimum Gasteiger partial charge on any atom is -0.505 e. The molecule has 0 bridgehead atoms. The van der Waals surface area contributed by atoms with Gasteiger partial charge in [0.15, 0.2) is 5.69 Å². The number of rotatable bonds is 5. The first-order valence-electron chi connectivity index (χ1n) is 5.20. The lowest BCUT2D eigenvalue weighted by Crippen LogP contribution is -2.42. The van der Waals surface area contributed by atoms with Crippen molar-refractivity contribution in [3.63, 3.8) is 0 Å². The van der Waals surface area contributed by atoms with Gasteiger partial charge < -0.3 is 20.3 Å². The van der Waals surface area contributed by atoms with E-state index in [1.807, 2.05) is 0 Å². The van der Waals surface area contributed by atoms with E-state index in [2.05, 4.69) is 15.0 Å². The van der Waals surface area contributed by atoms with E-state index in [1.54, 1.807) is 0 Å². The van der Waals surface area contributed by atoms with E-state index in [0.717, 1.165) is 7.11 Å². The smallest absolute Gasteiger partial charge is 0.326 e. The van der Waals surface area contributed by atoms with Gasteiger partial charge in [0.25, 0.3) is 5.91 Å². The molecule has 0 unspecified atom stereocenters. The predicted molar refractivity (Wildman–Crippen MR) is 61.4 cm³/mol. The summed E-state index contributed by atoms with van der Waals surface area (Å²) in [5.41, 5.74) is -0.321. The Labute approximate surface area is 108 Å². The third kappa shape index (κ3) is 3.95. The van der Waals surface area contributed by atoms with Crippen molar-refractivity contribution in [2.24, 2.45) is 0 Å². The third-order valence-electron chi connectivity index (χ3n) is 2.20. The highest BCUT2D eigenvalue weighted by molar-refractivity contribution is 5.97. The maximum atomic E-state index is 11.7. The van der Waals surface area contributed by atoms with Crippen LogP contribution in [0.1, 0.15) is 16.9 Å². The lowest BCUT2D eigenvalue weighted by molar-refractivity contribution is -0.147. The molecule has 19 heavy (non-hydrogen) atoms. The fourth-order valence-electron chi connectivity index (χ4n) is 1.25. The first-order chi connectivity index (χ1) is 8.95. The van der Waals surface area contributed by atoms with E-state index in [-0.39, 0.29) is 11.4 Å². The number of carboxylic acid groups (broad SMARTS) is 1. The van der Waals surface area contributed by atoms with Crippen LogP contribution in [0.3, 0.4) is 0 Å². The summed E-state index contributed by atoms with van der Waals surface area (Å²) in [6, 6.07) is 1.19. The molecule has 8 heteroatoms. The van der Waals surface area contributed by atoms with Crippen LogP contribution in [-0.4, -0.2) is 46.2 Å². The van der Waals surface area contributed by atoms with Crippen LogP contribution < -0.4 is 5.32 Å². The van der Waals surface area contributed by atoms with Crippen molar-refractivity contribution < 1.29 is 29.3 Å². The van der Waals surface area contributed by atoms with E-state index < -0.39 is 30.3 Å². The van der Waals surface area contributed by atoms with Crippen LogP contribution in [0.15, 0.2) is 18.3 Å². The van der Waals surface area contributed by atoms with Crippen LogP contribution in [0.2, 0.25) is 0 Å². The summed E-state index contributed by atoms with van der Waals surface area (Å²) in [6.07, 6.45) is 0.746. The molecule has 1 aromatic rings. The number of aliphatic carboxylic acids is 1. The molecule has 0 fully saturated rings. The molecule has 0 aliphatic heterocycles. The van der Waals surface area contributed by atoms with E-state index in [9.17, 15) is 19.5 Å². The number of aromatic nitrogens is 1. The largest absolute Gasteiger partial charge is 0.505 e. The lowest BCUT2D eigenvalue weighted by Gasteiger charge is -2.13. The Hall–Kier alpha value is -2.64. The minimum absolute atomic E-state index is 0.321. The Balaban J connectivity index is 2.80. The number of hydrogen-bond donors (Lipinski definition) is 3. The Morgan fingerprint density at radius 3 is 2.68 bits per heavy atom. The maximum absolute atomic E-state index is 11.7. The van der Waals surface area contributed by atoms with E-state index >= 15 is 0 Å². The van der Waals surface area contributed by atoms with E-state index in [1.165, 1.54) is 18.3 Å². The number of methoxy groups -OCH3 is 1. The van der Waals surface area contributed by atoms with Gasteiger partial charge in [-0.2, -0.15) is 0 Å². The topological polar surface area (TPSA) is 126 Å². The lowest BCUT2D eigenvalue weighted by atomic mass is 10.2. The second-order valence-corrected chi connectivity index (χ2v) is 3.52. The van der Waals surface area contributed by atoms with Crippen LogP contribution in [0.5, 0.6) is 5.75 Å². The van der Waals surface area contributed by atoms with Gasteiger partial charge in [-0.3, -0.25) is 9.59 Å². The summed E-state index contributed by atoms with van der Waals surface area (Å²) in [6.45, 7) is 0. The second-order valence-electron chi connectivity index (χ2n) is 3.52. The zero-order valence-electron chi connectivity index (χ0n) is 9.99. The number of aromatic hydroxyl groups is 1. The molecule has 0 aliphatic carbocycles. The Kier molecular flexibility index (Phi) is 4.81. The summed E-state index contributed by atoms with van der Waals surface area (Å²) in [7, 11) is 1.10. The number of carbonyl (C=O) groups is 3. The summed E-state index contributed by atoms with van der Waals surface area (Å²) in [4.78, 5) is 37.2. The standard InChI is InChI=1S/C11H12N2O6/c1-19-8(15)5-6(11(17)18)13-10(16)9-7(14)3-2-4-12-9/h2-4,6,14H,5H2,1H3,(H,13,16)(H,17,18)/t6-/m0/s1. The van der Waals surface area contributed by atoms with Gasteiger partial charge in [0.05, 0.1) is 13.5 Å². The molecule has 1 heterocycles. The summed E-state index contributed by atoms with van der Waals surface area (Å²) in [5, 5.41) is 20.4. The summed E-state index contributed by atoms with van der Waals surface area (Å²) >= 11 is 0. The molecule has 0 radical (unpaired) electrons. The van der Waals surface area contributed by atoms with Crippen molar-refractivity contribution in [1.29, 1.82) is 0 Å². The van der Waals surface area contributed by atoms with Gasteiger partial charge in [-0.15, -0.1) is 0 Å². The number of amides is 1. The first-order valence-corrected chi connectivity index (χ1v) is 5.20. The monoisotopic (exact) mass is 268 g/mol. The van der Waals surface area contributed by atoms with Gasteiger partial charge in [-0.25, -0.2) is 9.78 Å². The van der Waals surface area contributed by atoms with Gasteiger partial charge in [0.2, 0.25) is 0 Å². The molecule has 0 saturated carbocycles. The SMILES string of the molecule is COC(=O)C[C@H](NC(=O)c1ncccc1O)C(=O)O. The fourth-order valence-corrected chi connectivity index (χ4v) is 1.25.